The van der Waals surface area contributed by atoms with E-state index in [0.717, 1.165) is 5.56 Å². The second kappa shape index (κ2) is 5.28. The average molecular weight is 246 g/mol. The first-order valence-electron chi connectivity index (χ1n) is 4.86. The normalized spacial score (nSPS) is 9.65. The number of hydrogen-bond donors (Lipinski definition) is 0. The van der Waals surface area contributed by atoms with Gasteiger partial charge in [0.2, 0.25) is 0 Å². The van der Waals surface area contributed by atoms with Crippen LogP contribution < -0.4 is 4.74 Å². The van der Waals surface area contributed by atoms with Gasteiger partial charge in [0.1, 0.15) is 5.75 Å². The topological polar surface area (TPSA) is 58.8 Å². The predicted molar refractivity (Wildman–Crippen MR) is 62.8 cm³/mol. The number of nitriles is 1. The highest BCUT2D eigenvalue weighted by Crippen LogP contribution is 2.17. The molecule has 17 heavy (non-hydrogen) atoms. The fourth-order valence-corrected chi connectivity index (χ4v) is 1.31. The average Bonchev–Trinajstić information content (AvgIpc) is 2.40. The minimum absolute atomic E-state index is 0.253. The summed E-state index contributed by atoms with van der Waals surface area (Å²) in [6.07, 6.45) is 3.22. The van der Waals surface area contributed by atoms with Gasteiger partial charge in [-0.15, -0.1) is 11.6 Å². The molecule has 0 saturated heterocycles. The number of rotatable bonds is 3. The van der Waals surface area contributed by atoms with Crippen molar-refractivity contribution in [1.82, 2.24) is 9.97 Å². The maximum Gasteiger partial charge on any atom is 0.321 e. The predicted octanol–water partition coefficient (Wildman–Crippen LogP) is 2.88. The van der Waals surface area contributed by atoms with Gasteiger partial charge in [-0.05, 0) is 24.3 Å². The molecule has 2 aromatic rings. The summed E-state index contributed by atoms with van der Waals surface area (Å²) < 4.78 is 5.40. The van der Waals surface area contributed by atoms with Gasteiger partial charge in [-0.3, -0.25) is 0 Å². The van der Waals surface area contributed by atoms with E-state index in [0.29, 0.717) is 17.2 Å². The van der Waals surface area contributed by atoms with Crippen molar-refractivity contribution in [2.75, 3.05) is 0 Å². The van der Waals surface area contributed by atoms with Crippen LogP contribution in [0.15, 0.2) is 36.7 Å². The monoisotopic (exact) mass is 245 g/mol. The molecule has 0 spiro atoms. The lowest BCUT2D eigenvalue weighted by Crippen LogP contribution is -1.92. The first-order valence-corrected chi connectivity index (χ1v) is 5.40. The molecule has 0 aliphatic carbocycles. The Morgan fingerprint density at radius 2 is 1.82 bits per heavy atom. The lowest BCUT2D eigenvalue weighted by molar-refractivity contribution is 0.441. The zero-order chi connectivity index (χ0) is 12.1. The van der Waals surface area contributed by atoms with E-state index in [2.05, 4.69) is 9.97 Å². The molecule has 0 amide bonds. The molecule has 0 saturated carbocycles. The molecular formula is C12H8ClN3O. The smallest absolute Gasteiger partial charge is 0.321 e. The van der Waals surface area contributed by atoms with Crippen LogP contribution in [0, 0.1) is 11.3 Å². The van der Waals surface area contributed by atoms with Gasteiger partial charge in [-0.1, -0.05) is 0 Å². The molecule has 1 aromatic carbocycles. The molecule has 0 bridgehead atoms. The zero-order valence-corrected chi connectivity index (χ0v) is 9.55. The van der Waals surface area contributed by atoms with Crippen LogP contribution in [-0.2, 0) is 5.88 Å². The highest BCUT2D eigenvalue weighted by molar-refractivity contribution is 6.17. The number of aromatic nitrogens is 2. The van der Waals surface area contributed by atoms with Gasteiger partial charge in [0.25, 0.3) is 0 Å². The lowest BCUT2D eigenvalue weighted by Gasteiger charge is -2.03. The Kier molecular flexibility index (Phi) is 3.53. The number of benzene rings is 1. The van der Waals surface area contributed by atoms with Crippen molar-refractivity contribution in [1.29, 1.82) is 5.26 Å². The Hall–Kier alpha value is -2.12. The van der Waals surface area contributed by atoms with Crippen LogP contribution in [-0.4, -0.2) is 9.97 Å². The van der Waals surface area contributed by atoms with E-state index < -0.39 is 0 Å². The third kappa shape index (κ3) is 2.92. The maximum atomic E-state index is 8.65. The molecule has 5 heteroatoms. The van der Waals surface area contributed by atoms with Crippen LogP contribution >= 0.6 is 11.6 Å². The highest BCUT2D eigenvalue weighted by atomic mass is 35.5. The van der Waals surface area contributed by atoms with Gasteiger partial charge in [-0.2, -0.15) is 5.26 Å². The van der Waals surface area contributed by atoms with Gasteiger partial charge in [0.15, 0.2) is 0 Å². The maximum absolute atomic E-state index is 8.65. The fourth-order valence-electron chi connectivity index (χ4n) is 1.17. The molecule has 2 rings (SSSR count). The quantitative estimate of drug-likeness (QED) is 0.780. The van der Waals surface area contributed by atoms with E-state index in [1.165, 1.54) is 0 Å². The van der Waals surface area contributed by atoms with Gasteiger partial charge >= 0.3 is 6.01 Å². The molecule has 0 radical (unpaired) electrons. The Labute approximate surface area is 103 Å². The van der Waals surface area contributed by atoms with Gasteiger partial charge in [0.05, 0.1) is 17.5 Å². The third-order valence-electron chi connectivity index (χ3n) is 2.03. The van der Waals surface area contributed by atoms with Crippen molar-refractivity contribution in [3.8, 4) is 17.8 Å². The van der Waals surface area contributed by atoms with Crippen LogP contribution in [0.2, 0.25) is 0 Å². The van der Waals surface area contributed by atoms with Gasteiger partial charge < -0.3 is 4.74 Å². The van der Waals surface area contributed by atoms with Crippen LogP contribution in [0.25, 0.3) is 0 Å². The fraction of sp³-hybridized carbons (Fsp3) is 0.0833. The van der Waals surface area contributed by atoms with Crippen LogP contribution in [0.4, 0.5) is 0 Å². The Morgan fingerprint density at radius 1 is 1.18 bits per heavy atom. The summed E-state index contributed by atoms with van der Waals surface area (Å²) in [5.74, 6) is 0.958. The summed E-state index contributed by atoms with van der Waals surface area (Å²) in [5, 5.41) is 8.65. The van der Waals surface area contributed by atoms with Crippen molar-refractivity contribution in [3.05, 3.63) is 47.8 Å². The summed E-state index contributed by atoms with van der Waals surface area (Å²) in [6.45, 7) is 0. The first kappa shape index (κ1) is 11.4. The summed E-state index contributed by atoms with van der Waals surface area (Å²) >= 11 is 5.62. The summed E-state index contributed by atoms with van der Waals surface area (Å²) in [6, 6.07) is 9.01. The van der Waals surface area contributed by atoms with Crippen LogP contribution in [0.5, 0.6) is 11.8 Å². The second-order valence-electron chi connectivity index (χ2n) is 3.25. The number of alkyl halides is 1. The molecule has 1 aromatic heterocycles. The lowest BCUT2D eigenvalue weighted by atomic mass is 10.2. The number of ether oxygens (including phenoxy) is 1. The van der Waals surface area contributed by atoms with Crippen molar-refractivity contribution >= 4 is 11.6 Å². The Bertz CT molecular complexity index is 531. The van der Waals surface area contributed by atoms with E-state index in [1.807, 2.05) is 6.07 Å². The van der Waals surface area contributed by atoms with Crippen molar-refractivity contribution in [3.63, 3.8) is 0 Å². The standard InChI is InChI=1S/C12H8ClN3O/c13-5-10-7-15-12(16-8-10)17-11-3-1-9(6-14)2-4-11/h1-4,7-8H,5H2. The number of hydrogen-bond acceptors (Lipinski definition) is 4. The molecule has 1 heterocycles. The van der Waals surface area contributed by atoms with Crippen LogP contribution in [0.3, 0.4) is 0 Å². The molecule has 0 atom stereocenters. The van der Waals surface area contributed by atoms with E-state index >= 15 is 0 Å². The molecule has 0 unspecified atom stereocenters. The van der Waals surface area contributed by atoms with E-state index in [9.17, 15) is 0 Å². The largest absolute Gasteiger partial charge is 0.424 e. The minimum atomic E-state index is 0.253. The van der Waals surface area contributed by atoms with Crippen molar-refractivity contribution < 1.29 is 4.74 Å². The van der Waals surface area contributed by atoms with E-state index in [-0.39, 0.29) is 6.01 Å². The molecule has 84 valence electrons. The Morgan fingerprint density at radius 3 is 2.35 bits per heavy atom. The Balaban J connectivity index is 2.11. The molecule has 0 N–H and O–H groups in total. The zero-order valence-electron chi connectivity index (χ0n) is 8.80. The minimum Gasteiger partial charge on any atom is -0.424 e. The first-order chi connectivity index (χ1) is 8.31. The number of halogens is 1. The SMILES string of the molecule is N#Cc1ccc(Oc2ncc(CCl)cn2)cc1. The van der Waals surface area contributed by atoms with Crippen molar-refractivity contribution in [2.24, 2.45) is 0 Å². The molecular weight excluding hydrogens is 238 g/mol. The third-order valence-corrected chi connectivity index (χ3v) is 2.34. The molecule has 0 aliphatic heterocycles. The van der Waals surface area contributed by atoms with E-state index in [1.54, 1.807) is 36.7 Å². The summed E-state index contributed by atoms with van der Waals surface area (Å²) in [4.78, 5) is 8.01. The summed E-state index contributed by atoms with van der Waals surface area (Å²) in [5.41, 5.74) is 1.41. The summed E-state index contributed by atoms with van der Waals surface area (Å²) in [7, 11) is 0. The molecule has 4 nitrogen and oxygen atoms in total. The highest BCUT2D eigenvalue weighted by Gasteiger charge is 2.00. The van der Waals surface area contributed by atoms with Gasteiger partial charge in [-0.25, -0.2) is 9.97 Å². The second-order valence-corrected chi connectivity index (χ2v) is 3.51. The molecule has 0 aliphatic rings. The van der Waals surface area contributed by atoms with E-state index in [4.69, 9.17) is 21.6 Å². The van der Waals surface area contributed by atoms with Crippen molar-refractivity contribution in [2.45, 2.75) is 5.88 Å². The molecule has 0 fully saturated rings. The van der Waals surface area contributed by atoms with Crippen LogP contribution in [0.1, 0.15) is 11.1 Å². The number of nitrogens with zero attached hydrogens (tertiary/aromatic N) is 3. The van der Waals surface area contributed by atoms with Gasteiger partial charge in [0, 0.05) is 18.0 Å².